The minimum atomic E-state index is -0.799. The van der Waals surface area contributed by atoms with Crippen molar-refractivity contribution in [2.24, 2.45) is 0 Å². The van der Waals surface area contributed by atoms with E-state index in [-0.39, 0.29) is 17.9 Å². The first kappa shape index (κ1) is 22.4. The van der Waals surface area contributed by atoms with Gasteiger partial charge in [-0.05, 0) is 38.1 Å². The fraction of sp³-hybridized carbons (Fsp3) is 0.182. The van der Waals surface area contributed by atoms with E-state index >= 15 is 0 Å². The molecule has 2 rings (SSSR count). The largest absolute Gasteiger partial charge is 0.464 e. The lowest BCUT2D eigenvalue weighted by Gasteiger charge is -2.09. The van der Waals surface area contributed by atoms with Crippen molar-refractivity contribution in [3.63, 3.8) is 0 Å². The zero-order valence-corrected chi connectivity index (χ0v) is 16.9. The number of hydrogen-bond donors (Lipinski definition) is 1. The molecule has 8 heteroatoms. The van der Waals surface area contributed by atoms with Gasteiger partial charge >= 0.3 is 17.9 Å². The first-order chi connectivity index (χ1) is 14.5. The highest BCUT2D eigenvalue weighted by atomic mass is 16.5. The van der Waals surface area contributed by atoms with Crippen LogP contribution in [0.5, 0.6) is 0 Å². The number of hydrogen-bond acceptors (Lipinski definition) is 8. The van der Waals surface area contributed by atoms with Crippen molar-refractivity contribution in [3.8, 4) is 0 Å². The van der Waals surface area contributed by atoms with Gasteiger partial charge in [-0.2, -0.15) is 0 Å². The molecule has 8 nitrogen and oxygen atoms in total. The number of benzene rings is 1. The van der Waals surface area contributed by atoms with Crippen molar-refractivity contribution in [1.29, 1.82) is 0 Å². The highest BCUT2D eigenvalue weighted by molar-refractivity contribution is 6.15. The molecule has 0 unspecified atom stereocenters. The summed E-state index contributed by atoms with van der Waals surface area (Å²) in [4.78, 5) is 40.6. The molecule has 0 aliphatic heterocycles. The van der Waals surface area contributed by atoms with Gasteiger partial charge in [0.2, 0.25) is 0 Å². The fourth-order valence-corrected chi connectivity index (χ4v) is 2.24. The smallest absolute Gasteiger partial charge is 0.357 e. The van der Waals surface area contributed by atoms with Gasteiger partial charge < -0.3 is 19.5 Å². The van der Waals surface area contributed by atoms with Gasteiger partial charge in [0.1, 0.15) is 11.8 Å². The maximum absolute atomic E-state index is 12.3. The summed E-state index contributed by atoms with van der Waals surface area (Å²) in [6, 6.07) is 11.8. The quantitative estimate of drug-likeness (QED) is 0.307. The summed E-state index contributed by atoms with van der Waals surface area (Å²) in [6.45, 7) is 3.73. The molecule has 30 heavy (non-hydrogen) atoms. The number of pyridine rings is 1. The second kappa shape index (κ2) is 11.2. The summed E-state index contributed by atoms with van der Waals surface area (Å²) in [6.07, 6.45) is 3.68. The topological polar surface area (TPSA) is 104 Å². The molecule has 2 aromatic rings. The minimum Gasteiger partial charge on any atom is -0.464 e. The highest BCUT2D eigenvalue weighted by Crippen LogP contribution is 2.13. The predicted octanol–water partition coefficient (Wildman–Crippen LogP) is 2.76. The maximum Gasteiger partial charge on any atom is 0.357 e. The first-order valence-corrected chi connectivity index (χ1v) is 9.07. The molecule has 156 valence electrons. The third kappa shape index (κ3) is 6.30. The Bertz CT molecular complexity index is 949. The van der Waals surface area contributed by atoms with Crippen molar-refractivity contribution in [2.45, 2.75) is 13.8 Å². The van der Waals surface area contributed by atoms with Gasteiger partial charge in [-0.1, -0.05) is 23.8 Å². The summed E-state index contributed by atoms with van der Waals surface area (Å²) < 4.78 is 14.8. The standard InChI is InChI=1S/C22H22N2O6/c1-4-29-21(26)17(18-7-5-6-12-23-18)13-24-19(22(27)28-3)14-30-20(25)16-10-8-15(2)9-11-16/h5-14,24H,4H2,1-3H3/b17-13-,19-14-. The molecular formula is C22H22N2O6. The lowest BCUT2D eigenvalue weighted by atomic mass is 10.1. The lowest BCUT2D eigenvalue weighted by molar-refractivity contribution is -0.137. The summed E-state index contributed by atoms with van der Waals surface area (Å²) >= 11 is 0. The fourth-order valence-electron chi connectivity index (χ4n) is 2.24. The first-order valence-electron chi connectivity index (χ1n) is 9.07. The van der Waals surface area contributed by atoms with Gasteiger partial charge in [-0.3, -0.25) is 4.98 Å². The zero-order chi connectivity index (χ0) is 21.9. The van der Waals surface area contributed by atoms with E-state index in [2.05, 4.69) is 15.0 Å². The van der Waals surface area contributed by atoms with E-state index in [1.807, 2.05) is 6.92 Å². The molecule has 0 aliphatic rings. The molecule has 0 amide bonds. The van der Waals surface area contributed by atoms with Crippen LogP contribution in [0.2, 0.25) is 0 Å². The molecule has 0 spiro atoms. The van der Waals surface area contributed by atoms with E-state index < -0.39 is 17.9 Å². The molecule has 0 fully saturated rings. The van der Waals surface area contributed by atoms with Crippen LogP contribution in [-0.4, -0.2) is 36.6 Å². The minimum absolute atomic E-state index is 0.0807. The maximum atomic E-state index is 12.3. The Balaban J connectivity index is 2.25. The highest BCUT2D eigenvalue weighted by Gasteiger charge is 2.17. The number of nitrogens with one attached hydrogen (secondary N) is 1. The van der Waals surface area contributed by atoms with E-state index in [0.717, 1.165) is 11.8 Å². The van der Waals surface area contributed by atoms with Crippen LogP contribution < -0.4 is 5.32 Å². The SMILES string of the molecule is CCOC(=O)/C(=C\N/C(=C\OC(=O)c1ccc(C)cc1)C(=O)OC)c1ccccn1. The Morgan fingerprint density at radius 1 is 1.07 bits per heavy atom. The van der Waals surface area contributed by atoms with Crippen molar-refractivity contribution < 1.29 is 28.6 Å². The lowest BCUT2D eigenvalue weighted by Crippen LogP contribution is -2.20. The van der Waals surface area contributed by atoms with Crippen molar-refractivity contribution in [1.82, 2.24) is 10.3 Å². The molecule has 0 bridgehead atoms. The second-order valence-electron chi connectivity index (χ2n) is 5.93. The summed E-state index contributed by atoms with van der Waals surface area (Å²) in [5.41, 5.74) is 1.53. The molecular weight excluding hydrogens is 388 g/mol. The van der Waals surface area contributed by atoms with Crippen molar-refractivity contribution in [3.05, 3.63) is 83.6 Å². The number of carbonyl (C=O) groups is 3. The average molecular weight is 410 g/mol. The molecule has 1 N–H and O–H groups in total. The Morgan fingerprint density at radius 2 is 1.80 bits per heavy atom. The molecule has 0 aliphatic carbocycles. The van der Waals surface area contributed by atoms with E-state index in [9.17, 15) is 14.4 Å². The molecule has 1 aromatic heterocycles. The van der Waals surface area contributed by atoms with Crippen molar-refractivity contribution >= 4 is 23.5 Å². The molecule has 1 heterocycles. The Hall–Kier alpha value is -3.94. The molecule has 0 radical (unpaired) electrons. The molecule has 0 saturated carbocycles. The van der Waals surface area contributed by atoms with Gasteiger partial charge in [0, 0.05) is 12.4 Å². The number of nitrogens with zero attached hydrogens (tertiary/aromatic N) is 1. The third-order valence-corrected chi connectivity index (χ3v) is 3.78. The second-order valence-corrected chi connectivity index (χ2v) is 5.93. The summed E-state index contributed by atoms with van der Waals surface area (Å²) in [7, 11) is 1.17. The monoisotopic (exact) mass is 410 g/mol. The van der Waals surface area contributed by atoms with Crippen LogP contribution in [0.1, 0.15) is 28.5 Å². The summed E-state index contributed by atoms with van der Waals surface area (Å²) in [5, 5.41) is 2.63. The predicted molar refractivity (Wildman–Crippen MR) is 109 cm³/mol. The normalized spacial score (nSPS) is 11.4. The number of rotatable bonds is 8. The van der Waals surface area contributed by atoms with Crippen LogP contribution in [0.15, 0.2) is 66.8 Å². The van der Waals surface area contributed by atoms with Gasteiger partial charge in [0.15, 0.2) is 5.70 Å². The number of methoxy groups -OCH3 is 1. The number of aromatic nitrogens is 1. The van der Waals surface area contributed by atoms with Crippen LogP contribution in [0, 0.1) is 6.92 Å². The van der Waals surface area contributed by atoms with Crippen molar-refractivity contribution in [2.75, 3.05) is 13.7 Å². The van der Waals surface area contributed by atoms with Gasteiger partial charge in [0.25, 0.3) is 0 Å². The zero-order valence-electron chi connectivity index (χ0n) is 16.9. The number of aryl methyl sites for hydroxylation is 1. The van der Waals surface area contributed by atoms with Gasteiger partial charge in [-0.25, -0.2) is 14.4 Å². The molecule has 0 saturated heterocycles. The van der Waals surface area contributed by atoms with Crippen LogP contribution >= 0.6 is 0 Å². The van der Waals surface area contributed by atoms with Crippen LogP contribution in [0.4, 0.5) is 0 Å². The van der Waals surface area contributed by atoms with E-state index in [1.165, 1.54) is 19.5 Å². The Labute approximate surface area is 174 Å². The van der Waals surface area contributed by atoms with E-state index in [0.29, 0.717) is 11.3 Å². The molecule has 0 atom stereocenters. The van der Waals surface area contributed by atoms with E-state index in [4.69, 9.17) is 9.47 Å². The summed E-state index contributed by atoms with van der Waals surface area (Å²) in [5.74, 6) is -2.09. The van der Waals surface area contributed by atoms with Crippen LogP contribution in [-0.2, 0) is 23.8 Å². The van der Waals surface area contributed by atoms with Crippen LogP contribution in [0.3, 0.4) is 0 Å². The number of ether oxygens (including phenoxy) is 3. The van der Waals surface area contributed by atoms with E-state index in [1.54, 1.807) is 49.4 Å². The Morgan fingerprint density at radius 3 is 2.40 bits per heavy atom. The van der Waals surface area contributed by atoms with Gasteiger partial charge in [-0.15, -0.1) is 0 Å². The third-order valence-electron chi connectivity index (χ3n) is 3.78. The average Bonchev–Trinajstić information content (AvgIpc) is 2.76. The number of carbonyl (C=O) groups excluding carboxylic acids is 3. The van der Waals surface area contributed by atoms with Gasteiger partial charge in [0.05, 0.1) is 25.0 Å². The molecule has 1 aromatic carbocycles. The van der Waals surface area contributed by atoms with Crippen LogP contribution in [0.25, 0.3) is 5.57 Å². The number of esters is 3. The Kier molecular flexibility index (Phi) is 8.31.